The molecule has 1 aromatic rings. The summed E-state index contributed by atoms with van der Waals surface area (Å²) in [7, 11) is 3.30. The molecule has 0 aromatic heterocycles. The van der Waals surface area contributed by atoms with Crippen LogP contribution in [0.1, 0.15) is 23.5 Å². The first-order chi connectivity index (χ1) is 9.72. The van der Waals surface area contributed by atoms with Crippen molar-refractivity contribution in [2.75, 3.05) is 14.2 Å². The molecule has 2 fully saturated rings. The predicted molar refractivity (Wildman–Crippen MR) is 72.2 cm³/mol. The second kappa shape index (κ2) is 4.35. The number of epoxide rings is 1. The molecule has 1 saturated heterocycles. The third-order valence-electron chi connectivity index (χ3n) is 4.82. The van der Waals surface area contributed by atoms with Gasteiger partial charge in [-0.05, 0) is 29.7 Å². The quantitative estimate of drug-likeness (QED) is 0.783. The van der Waals surface area contributed by atoms with Crippen molar-refractivity contribution in [3.8, 4) is 11.5 Å². The van der Waals surface area contributed by atoms with Gasteiger partial charge in [0.25, 0.3) is 0 Å². The maximum atomic E-state index is 10.3. The molecule has 1 saturated carbocycles. The summed E-state index contributed by atoms with van der Waals surface area (Å²) in [6.07, 6.45) is 0.791. The molecule has 3 aliphatic rings. The number of benzene rings is 1. The summed E-state index contributed by atoms with van der Waals surface area (Å²) < 4.78 is 16.3. The van der Waals surface area contributed by atoms with E-state index in [1.165, 1.54) is 11.1 Å². The molecule has 20 heavy (non-hydrogen) atoms. The third kappa shape index (κ3) is 1.67. The fourth-order valence-corrected chi connectivity index (χ4v) is 3.73. The molecule has 5 atom stereocenters. The van der Waals surface area contributed by atoms with Gasteiger partial charge in [-0.2, -0.15) is 0 Å². The molecule has 0 radical (unpaired) electrons. The van der Waals surface area contributed by atoms with Crippen LogP contribution < -0.4 is 14.8 Å². The zero-order chi connectivity index (χ0) is 13.9. The molecule has 108 valence electrons. The molecule has 5 nitrogen and oxygen atoms in total. The average Bonchev–Trinajstić information content (AvgIpc) is 3.25. The summed E-state index contributed by atoms with van der Waals surface area (Å²) in [5.74, 6) is 1.78. The Morgan fingerprint density at radius 1 is 1.25 bits per heavy atom. The topological polar surface area (TPSA) is 63.2 Å². The fraction of sp³-hybridized carbons (Fsp3) is 0.600. The number of aliphatic hydroxyl groups excluding tert-OH is 1. The van der Waals surface area contributed by atoms with E-state index in [9.17, 15) is 5.11 Å². The lowest BCUT2D eigenvalue weighted by Crippen LogP contribution is -2.52. The second-order valence-corrected chi connectivity index (χ2v) is 5.78. The van der Waals surface area contributed by atoms with E-state index in [-0.39, 0.29) is 24.2 Å². The van der Waals surface area contributed by atoms with Crippen molar-refractivity contribution in [3.05, 3.63) is 23.3 Å². The van der Waals surface area contributed by atoms with E-state index in [1.807, 2.05) is 6.07 Å². The Morgan fingerprint density at radius 2 is 2.00 bits per heavy atom. The van der Waals surface area contributed by atoms with Gasteiger partial charge < -0.3 is 24.6 Å². The van der Waals surface area contributed by atoms with Gasteiger partial charge in [-0.1, -0.05) is 0 Å². The largest absolute Gasteiger partial charge is 0.493 e. The van der Waals surface area contributed by atoms with Gasteiger partial charge in [0.1, 0.15) is 6.10 Å². The van der Waals surface area contributed by atoms with Crippen molar-refractivity contribution in [2.45, 2.75) is 43.2 Å². The third-order valence-corrected chi connectivity index (χ3v) is 4.82. The predicted octanol–water partition coefficient (Wildman–Crippen LogP) is 0.791. The first-order valence-electron chi connectivity index (χ1n) is 7.04. The molecule has 1 aliphatic carbocycles. The van der Waals surface area contributed by atoms with Crippen molar-refractivity contribution < 1.29 is 19.3 Å². The molecule has 2 aliphatic heterocycles. The number of hydrogen-bond donors (Lipinski definition) is 2. The van der Waals surface area contributed by atoms with E-state index in [0.29, 0.717) is 0 Å². The first-order valence-corrected chi connectivity index (χ1v) is 7.04. The van der Waals surface area contributed by atoms with Crippen LogP contribution >= 0.6 is 0 Å². The normalized spacial score (nSPS) is 37.5. The Hall–Kier alpha value is -1.30. The summed E-state index contributed by atoms with van der Waals surface area (Å²) in [4.78, 5) is 0. The van der Waals surface area contributed by atoms with Gasteiger partial charge in [0.2, 0.25) is 0 Å². The monoisotopic (exact) mass is 277 g/mol. The van der Waals surface area contributed by atoms with E-state index in [0.717, 1.165) is 24.5 Å². The fourth-order valence-electron chi connectivity index (χ4n) is 3.73. The van der Waals surface area contributed by atoms with Gasteiger partial charge in [0.15, 0.2) is 11.5 Å². The molecule has 0 amide bonds. The van der Waals surface area contributed by atoms with Gasteiger partial charge in [-0.15, -0.1) is 0 Å². The van der Waals surface area contributed by atoms with Crippen LogP contribution in [-0.2, 0) is 11.3 Å². The minimum Gasteiger partial charge on any atom is -0.493 e. The highest BCUT2D eigenvalue weighted by Gasteiger charge is 2.56. The van der Waals surface area contributed by atoms with E-state index < -0.39 is 6.10 Å². The molecule has 5 heteroatoms. The summed E-state index contributed by atoms with van der Waals surface area (Å²) in [6, 6.07) is 4.16. The van der Waals surface area contributed by atoms with Crippen LogP contribution in [0.4, 0.5) is 0 Å². The smallest absolute Gasteiger partial charge is 0.161 e. The van der Waals surface area contributed by atoms with E-state index in [1.54, 1.807) is 14.2 Å². The minimum absolute atomic E-state index is 0.0328. The highest BCUT2D eigenvalue weighted by atomic mass is 16.6. The van der Waals surface area contributed by atoms with Crippen molar-refractivity contribution in [1.82, 2.24) is 5.32 Å². The molecular formula is C15H19NO4. The molecule has 4 rings (SSSR count). The highest BCUT2D eigenvalue weighted by molar-refractivity contribution is 5.50. The van der Waals surface area contributed by atoms with Crippen LogP contribution in [0, 0.1) is 0 Å². The maximum absolute atomic E-state index is 10.3. The van der Waals surface area contributed by atoms with Crippen molar-refractivity contribution in [2.24, 2.45) is 0 Å². The van der Waals surface area contributed by atoms with Crippen molar-refractivity contribution in [3.63, 3.8) is 0 Å². The average molecular weight is 277 g/mol. The lowest BCUT2D eigenvalue weighted by molar-refractivity contribution is 0.0756. The summed E-state index contributed by atoms with van der Waals surface area (Å²) in [6.45, 7) is 0.741. The molecule has 0 bridgehead atoms. The molecule has 0 unspecified atom stereocenters. The van der Waals surface area contributed by atoms with Crippen LogP contribution in [-0.4, -0.2) is 43.7 Å². The van der Waals surface area contributed by atoms with Crippen LogP contribution in [0.5, 0.6) is 11.5 Å². The van der Waals surface area contributed by atoms with Crippen molar-refractivity contribution in [1.29, 1.82) is 0 Å². The Balaban J connectivity index is 1.76. The zero-order valence-electron chi connectivity index (χ0n) is 11.6. The Morgan fingerprint density at radius 3 is 2.75 bits per heavy atom. The molecule has 2 heterocycles. The Bertz CT molecular complexity index is 547. The van der Waals surface area contributed by atoms with Crippen LogP contribution in [0.2, 0.25) is 0 Å². The van der Waals surface area contributed by atoms with Gasteiger partial charge in [0, 0.05) is 18.5 Å². The zero-order valence-corrected chi connectivity index (χ0v) is 11.6. The first kappa shape index (κ1) is 12.4. The molecule has 1 aromatic carbocycles. The number of fused-ring (bicyclic) bond motifs is 4. The Labute approximate surface area is 117 Å². The Kier molecular flexibility index (Phi) is 2.70. The lowest BCUT2D eigenvalue weighted by atomic mass is 9.74. The molecule has 0 spiro atoms. The number of hydrogen-bond acceptors (Lipinski definition) is 5. The van der Waals surface area contributed by atoms with Crippen LogP contribution in [0.15, 0.2) is 12.1 Å². The van der Waals surface area contributed by atoms with Crippen molar-refractivity contribution >= 4 is 0 Å². The van der Waals surface area contributed by atoms with Gasteiger partial charge in [0.05, 0.1) is 26.4 Å². The van der Waals surface area contributed by atoms with Gasteiger partial charge >= 0.3 is 0 Å². The number of aliphatic hydroxyl groups is 1. The summed E-state index contributed by atoms with van der Waals surface area (Å²) >= 11 is 0. The van der Waals surface area contributed by atoms with Gasteiger partial charge in [-0.3, -0.25) is 0 Å². The summed E-state index contributed by atoms with van der Waals surface area (Å²) in [5.41, 5.74) is 2.47. The van der Waals surface area contributed by atoms with Crippen LogP contribution in [0.3, 0.4) is 0 Å². The van der Waals surface area contributed by atoms with E-state index >= 15 is 0 Å². The second-order valence-electron chi connectivity index (χ2n) is 5.78. The van der Waals surface area contributed by atoms with E-state index in [4.69, 9.17) is 14.2 Å². The SMILES string of the molecule is COc1cc2c(cc1OC)[C@@H]1C[C@@H]3O[C@@H]3[C@H](O)[C@H]1NC2. The molecular weight excluding hydrogens is 258 g/mol. The number of rotatable bonds is 2. The summed E-state index contributed by atoms with van der Waals surface area (Å²) in [5, 5.41) is 13.8. The van der Waals surface area contributed by atoms with E-state index in [2.05, 4.69) is 11.4 Å². The lowest BCUT2D eigenvalue weighted by Gasteiger charge is -2.39. The number of nitrogens with one attached hydrogen (secondary N) is 1. The van der Waals surface area contributed by atoms with Gasteiger partial charge in [-0.25, -0.2) is 0 Å². The molecule has 2 N–H and O–H groups in total. The standard InChI is InChI=1S/C15H19NO4/c1-18-10-3-7-6-16-13-9(8(7)4-11(10)19-2)5-12-15(20-12)14(13)17/h3-4,9,12-17H,5-6H2,1-2H3/t9-,12-,13-,14+,15-/m0/s1. The maximum Gasteiger partial charge on any atom is 0.161 e. The van der Waals surface area contributed by atoms with Crippen LogP contribution in [0.25, 0.3) is 0 Å². The number of ether oxygens (including phenoxy) is 3. The highest BCUT2D eigenvalue weighted by Crippen LogP contribution is 2.48. The minimum atomic E-state index is -0.417. The number of methoxy groups -OCH3 is 2.